The average molecular weight is 548 g/mol. The van der Waals surface area contributed by atoms with Crippen LogP contribution in [-0.4, -0.2) is 14.5 Å². The van der Waals surface area contributed by atoms with E-state index < -0.39 is 0 Å². The molecule has 3 heteroatoms. The van der Waals surface area contributed by atoms with Crippen molar-refractivity contribution in [1.29, 1.82) is 0 Å². The van der Waals surface area contributed by atoms with Gasteiger partial charge in [-0.1, -0.05) is 121 Å². The summed E-state index contributed by atoms with van der Waals surface area (Å²) < 4.78 is 2.36. The SMILES string of the molecule is c1cc(-c2ccc(-c3cnc4c5ccccc5c5ccccc5c4n3)cc2)cc(-n2c3ccccc3c3ccccc32)c1. The Morgan fingerprint density at radius 1 is 0.395 bits per heavy atom. The predicted molar refractivity (Wildman–Crippen MR) is 180 cm³/mol. The van der Waals surface area contributed by atoms with Gasteiger partial charge in [0, 0.05) is 32.8 Å². The molecule has 9 rings (SSSR count). The fourth-order valence-electron chi connectivity index (χ4n) is 6.62. The van der Waals surface area contributed by atoms with Gasteiger partial charge in [0.15, 0.2) is 0 Å². The molecule has 2 aromatic heterocycles. The maximum absolute atomic E-state index is 5.17. The highest BCUT2D eigenvalue weighted by molar-refractivity contribution is 6.23. The van der Waals surface area contributed by atoms with Gasteiger partial charge in [-0.15, -0.1) is 0 Å². The molecule has 0 spiro atoms. The van der Waals surface area contributed by atoms with Gasteiger partial charge < -0.3 is 4.57 Å². The van der Waals surface area contributed by atoms with Crippen molar-refractivity contribution in [3.05, 3.63) is 152 Å². The Morgan fingerprint density at radius 2 is 0.930 bits per heavy atom. The molecule has 0 radical (unpaired) electrons. The highest BCUT2D eigenvalue weighted by atomic mass is 15.0. The Hall–Kier alpha value is -5.80. The molecule has 3 nitrogen and oxygen atoms in total. The van der Waals surface area contributed by atoms with E-state index in [0.29, 0.717) is 0 Å². The van der Waals surface area contributed by atoms with Crippen LogP contribution in [0.4, 0.5) is 0 Å². The van der Waals surface area contributed by atoms with Crippen LogP contribution in [0.3, 0.4) is 0 Å². The molecule has 0 saturated heterocycles. The molecule has 0 aliphatic carbocycles. The number of para-hydroxylation sites is 2. The van der Waals surface area contributed by atoms with Crippen LogP contribution in [0.5, 0.6) is 0 Å². The summed E-state index contributed by atoms with van der Waals surface area (Å²) in [6.45, 7) is 0. The maximum atomic E-state index is 5.17. The molecule has 9 aromatic rings. The van der Waals surface area contributed by atoms with Crippen LogP contribution in [0, 0.1) is 0 Å². The van der Waals surface area contributed by atoms with Crippen LogP contribution in [0.25, 0.3) is 82.5 Å². The third kappa shape index (κ3) is 3.68. The fourth-order valence-corrected chi connectivity index (χ4v) is 6.62. The molecule has 0 fully saturated rings. The molecule has 2 heterocycles. The van der Waals surface area contributed by atoms with E-state index in [4.69, 9.17) is 9.97 Å². The van der Waals surface area contributed by atoms with Gasteiger partial charge in [-0.25, -0.2) is 4.98 Å². The van der Waals surface area contributed by atoms with Crippen molar-refractivity contribution in [2.45, 2.75) is 0 Å². The Balaban J connectivity index is 1.13. The van der Waals surface area contributed by atoms with Gasteiger partial charge in [0.25, 0.3) is 0 Å². The van der Waals surface area contributed by atoms with Crippen molar-refractivity contribution in [2.24, 2.45) is 0 Å². The monoisotopic (exact) mass is 547 g/mol. The molecule has 0 amide bonds. The second-order valence-electron chi connectivity index (χ2n) is 11.0. The molecule has 7 aromatic carbocycles. The summed E-state index contributed by atoms with van der Waals surface area (Å²) in [6, 6.07) is 51.7. The Kier molecular flexibility index (Phi) is 5.20. The first-order valence-electron chi connectivity index (χ1n) is 14.6. The van der Waals surface area contributed by atoms with E-state index >= 15 is 0 Å². The van der Waals surface area contributed by atoms with E-state index in [0.717, 1.165) is 44.3 Å². The number of nitrogens with zero attached hydrogens (tertiary/aromatic N) is 3. The Labute approximate surface area is 248 Å². The third-order valence-corrected chi connectivity index (χ3v) is 8.63. The zero-order valence-electron chi connectivity index (χ0n) is 23.3. The number of fused-ring (bicyclic) bond motifs is 9. The molecule has 0 atom stereocenters. The summed E-state index contributed by atoms with van der Waals surface area (Å²) >= 11 is 0. The largest absolute Gasteiger partial charge is 0.309 e. The van der Waals surface area contributed by atoms with Crippen LogP contribution in [0.15, 0.2) is 152 Å². The van der Waals surface area contributed by atoms with Gasteiger partial charge in [0.05, 0.1) is 34.0 Å². The summed E-state index contributed by atoms with van der Waals surface area (Å²) in [7, 11) is 0. The summed E-state index contributed by atoms with van der Waals surface area (Å²) in [5.41, 5.74) is 9.72. The van der Waals surface area contributed by atoms with E-state index in [9.17, 15) is 0 Å². The second-order valence-corrected chi connectivity index (χ2v) is 11.0. The quantitative estimate of drug-likeness (QED) is 0.206. The van der Waals surface area contributed by atoms with Crippen LogP contribution < -0.4 is 0 Å². The molecule has 200 valence electrons. The van der Waals surface area contributed by atoms with Gasteiger partial charge >= 0.3 is 0 Å². The van der Waals surface area contributed by atoms with E-state index in [1.807, 2.05) is 6.20 Å². The molecule has 0 saturated carbocycles. The molecule has 0 N–H and O–H groups in total. The fraction of sp³-hybridized carbons (Fsp3) is 0. The summed E-state index contributed by atoms with van der Waals surface area (Å²) in [5, 5.41) is 7.21. The van der Waals surface area contributed by atoms with Crippen molar-refractivity contribution in [2.75, 3.05) is 0 Å². The normalized spacial score (nSPS) is 11.7. The maximum Gasteiger partial charge on any atom is 0.0979 e. The first-order valence-corrected chi connectivity index (χ1v) is 14.6. The lowest BCUT2D eigenvalue weighted by Crippen LogP contribution is -1.94. The number of hydrogen-bond acceptors (Lipinski definition) is 2. The molecule has 0 aliphatic rings. The Morgan fingerprint density at radius 3 is 1.58 bits per heavy atom. The van der Waals surface area contributed by atoms with E-state index in [-0.39, 0.29) is 0 Å². The summed E-state index contributed by atoms with van der Waals surface area (Å²) in [4.78, 5) is 10.1. The van der Waals surface area contributed by atoms with E-state index in [2.05, 4.69) is 150 Å². The first kappa shape index (κ1) is 23.9. The van der Waals surface area contributed by atoms with Crippen molar-refractivity contribution in [1.82, 2.24) is 14.5 Å². The predicted octanol–water partition coefficient (Wildman–Crippen LogP) is 10.4. The number of aromatic nitrogens is 3. The summed E-state index contributed by atoms with van der Waals surface area (Å²) in [5.74, 6) is 0. The zero-order valence-corrected chi connectivity index (χ0v) is 23.3. The lowest BCUT2D eigenvalue weighted by atomic mass is 9.99. The Bertz CT molecular complexity index is 2420. The molecule has 0 unspecified atom stereocenters. The number of benzene rings is 7. The van der Waals surface area contributed by atoms with Crippen LogP contribution in [0.2, 0.25) is 0 Å². The van der Waals surface area contributed by atoms with Crippen LogP contribution >= 0.6 is 0 Å². The highest BCUT2D eigenvalue weighted by Gasteiger charge is 2.14. The third-order valence-electron chi connectivity index (χ3n) is 8.63. The molecular formula is C40H25N3. The molecule has 43 heavy (non-hydrogen) atoms. The van der Waals surface area contributed by atoms with Crippen LogP contribution in [-0.2, 0) is 0 Å². The minimum Gasteiger partial charge on any atom is -0.309 e. The molecule has 0 aliphatic heterocycles. The smallest absolute Gasteiger partial charge is 0.0979 e. The molecule has 0 bridgehead atoms. The standard InChI is InChI=1S/C40H25N3/c1-3-16-34-30(12-1)31-13-2-4-17-35(31)40-39(34)41-25-36(42-40)27-22-20-26(21-23-27)28-10-9-11-29(24-28)43-37-18-7-5-14-32(37)33-15-6-8-19-38(33)43/h1-25H. The average Bonchev–Trinajstić information content (AvgIpc) is 3.43. The number of rotatable bonds is 3. The van der Waals surface area contributed by atoms with Crippen molar-refractivity contribution < 1.29 is 0 Å². The van der Waals surface area contributed by atoms with Crippen molar-refractivity contribution in [3.8, 4) is 28.1 Å². The van der Waals surface area contributed by atoms with E-state index in [1.54, 1.807) is 0 Å². The minimum absolute atomic E-state index is 0.874. The summed E-state index contributed by atoms with van der Waals surface area (Å²) in [6.07, 6.45) is 1.90. The minimum atomic E-state index is 0.874. The van der Waals surface area contributed by atoms with Crippen molar-refractivity contribution >= 4 is 54.4 Å². The van der Waals surface area contributed by atoms with Gasteiger partial charge in [-0.3, -0.25) is 4.98 Å². The van der Waals surface area contributed by atoms with Crippen molar-refractivity contribution in [3.63, 3.8) is 0 Å². The first-order chi connectivity index (χ1) is 21.3. The van der Waals surface area contributed by atoms with Gasteiger partial charge in [-0.05, 0) is 46.2 Å². The highest BCUT2D eigenvalue weighted by Crippen LogP contribution is 2.35. The topological polar surface area (TPSA) is 30.7 Å². The lowest BCUT2D eigenvalue weighted by molar-refractivity contribution is 1.18. The second kappa shape index (κ2) is 9.37. The van der Waals surface area contributed by atoms with E-state index in [1.165, 1.54) is 38.1 Å². The lowest BCUT2D eigenvalue weighted by Gasteiger charge is -2.11. The van der Waals surface area contributed by atoms with Crippen LogP contribution in [0.1, 0.15) is 0 Å². The number of hydrogen-bond donors (Lipinski definition) is 0. The van der Waals surface area contributed by atoms with Gasteiger partial charge in [0.1, 0.15) is 0 Å². The zero-order chi connectivity index (χ0) is 28.3. The molecular weight excluding hydrogens is 522 g/mol. The van der Waals surface area contributed by atoms with Gasteiger partial charge in [0.2, 0.25) is 0 Å². The van der Waals surface area contributed by atoms with Gasteiger partial charge in [-0.2, -0.15) is 0 Å².